The summed E-state index contributed by atoms with van der Waals surface area (Å²) in [6.07, 6.45) is 2.80. The van der Waals surface area contributed by atoms with Crippen LogP contribution in [0.15, 0.2) is 0 Å². The monoisotopic (exact) mass is 248 g/mol. The lowest BCUT2D eigenvalue weighted by Crippen LogP contribution is -2.37. The van der Waals surface area contributed by atoms with Crippen LogP contribution in [0.4, 0.5) is 0 Å². The lowest BCUT2D eigenvalue weighted by atomic mass is 10.4. The molecule has 0 rings (SSSR count). The van der Waals surface area contributed by atoms with Crippen LogP contribution in [-0.2, 0) is 8.85 Å². The molecule has 15 heavy (non-hydrogen) atoms. The van der Waals surface area contributed by atoms with Gasteiger partial charge >= 0.3 is 0 Å². The van der Waals surface area contributed by atoms with Crippen molar-refractivity contribution >= 4 is 17.4 Å². The van der Waals surface area contributed by atoms with Crippen LogP contribution in [0.5, 0.6) is 0 Å². The zero-order valence-corrected chi connectivity index (χ0v) is 13.5. The molecule has 0 radical (unpaired) electrons. The van der Waals surface area contributed by atoms with E-state index in [4.69, 9.17) is 8.85 Å². The minimum Gasteiger partial charge on any atom is -0.418 e. The Kier molecular flexibility index (Phi) is 7.78. The third-order valence-corrected chi connectivity index (χ3v) is 10.5. The topological polar surface area (TPSA) is 18.5 Å². The van der Waals surface area contributed by atoms with Gasteiger partial charge in [0.25, 0.3) is 0 Å². The highest BCUT2D eigenvalue weighted by molar-refractivity contribution is 6.82. The molecule has 4 heteroatoms. The van der Waals surface area contributed by atoms with E-state index in [2.05, 4.69) is 40.4 Å². The van der Waals surface area contributed by atoms with E-state index < -0.39 is 17.4 Å². The number of rotatable bonds is 8. The summed E-state index contributed by atoms with van der Waals surface area (Å²) in [6.45, 7) is 14.3. The average Bonchev–Trinajstić information content (AvgIpc) is 2.00. The maximum Gasteiger partial charge on any atom is 0.186 e. The lowest BCUT2D eigenvalue weighted by molar-refractivity contribution is 0.243. The van der Waals surface area contributed by atoms with Crippen molar-refractivity contribution in [2.24, 2.45) is 0 Å². The van der Waals surface area contributed by atoms with E-state index in [0.717, 1.165) is 6.61 Å². The predicted molar refractivity (Wildman–Crippen MR) is 72.4 cm³/mol. The molecular weight excluding hydrogens is 220 g/mol. The number of hydrogen-bond acceptors (Lipinski definition) is 2. The molecule has 92 valence electrons. The van der Waals surface area contributed by atoms with Gasteiger partial charge in [0.15, 0.2) is 17.4 Å². The Morgan fingerprint density at radius 1 is 1.27 bits per heavy atom. The van der Waals surface area contributed by atoms with Gasteiger partial charge in [0.2, 0.25) is 0 Å². The maximum atomic E-state index is 6.02. The summed E-state index contributed by atoms with van der Waals surface area (Å²) in [5, 5.41) is 0. The fraction of sp³-hybridized carbons (Fsp3) is 1.00. The fourth-order valence-electron chi connectivity index (χ4n) is 1.76. The highest BCUT2D eigenvalue weighted by atomic mass is 28.4. The second-order valence-electron chi connectivity index (χ2n) is 5.16. The Balaban J connectivity index is 3.79. The van der Waals surface area contributed by atoms with Crippen LogP contribution < -0.4 is 0 Å². The third-order valence-electron chi connectivity index (χ3n) is 2.27. The van der Waals surface area contributed by atoms with E-state index >= 15 is 0 Å². The first kappa shape index (κ1) is 15.4. The molecule has 0 aromatic heterocycles. The Morgan fingerprint density at radius 3 is 2.33 bits per heavy atom. The zero-order chi connectivity index (χ0) is 11.9. The van der Waals surface area contributed by atoms with Crippen molar-refractivity contribution < 1.29 is 8.85 Å². The number of unbranched alkanes of at least 4 members (excludes halogenated alkanes) is 1. The molecule has 0 aromatic rings. The van der Waals surface area contributed by atoms with E-state index in [1.54, 1.807) is 0 Å². The second kappa shape index (κ2) is 7.60. The molecule has 0 saturated heterocycles. The highest BCUT2D eigenvalue weighted by Gasteiger charge is 2.26. The Bertz CT molecular complexity index is 161. The van der Waals surface area contributed by atoms with Gasteiger partial charge in [0, 0.05) is 12.7 Å². The molecule has 1 unspecified atom stereocenters. The first-order valence-electron chi connectivity index (χ1n) is 6.17. The average molecular weight is 249 g/mol. The molecule has 0 amide bonds. The van der Waals surface area contributed by atoms with Crippen molar-refractivity contribution in [2.45, 2.75) is 65.0 Å². The van der Waals surface area contributed by atoms with Gasteiger partial charge < -0.3 is 8.85 Å². The molecule has 0 saturated carbocycles. The summed E-state index contributed by atoms with van der Waals surface area (Å²) in [4.78, 5) is 0. The Morgan fingerprint density at radius 2 is 1.87 bits per heavy atom. The molecule has 0 heterocycles. The molecule has 0 N–H and O–H groups in total. The maximum absolute atomic E-state index is 6.02. The molecule has 0 fully saturated rings. The first-order valence-corrected chi connectivity index (χ1v) is 11.7. The normalized spacial score (nSPS) is 14.6. The van der Waals surface area contributed by atoms with E-state index in [1.807, 2.05) is 0 Å². The smallest absolute Gasteiger partial charge is 0.186 e. The molecule has 0 aromatic carbocycles. The lowest BCUT2D eigenvalue weighted by Gasteiger charge is -2.26. The SMILES string of the molecule is CCCCO[Si](C)(C)C[SiH](C)OC(C)C. The van der Waals surface area contributed by atoms with Gasteiger partial charge in [-0.1, -0.05) is 13.3 Å². The molecule has 2 nitrogen and oxygen atoms in total. The minimum absolute atomic E-state index is 0.382. The van der Waals surface area contributed by atoms with Crippen molar-refractivity contribution in [3.63, 3.8) is 0 Å². The molecule has 0 spiro atoms. The predicted octanol–water partition coefficient (Wildman–Crippen LogP) is 3.33. The first-order chi connectivity index (χ1) is 6.87. The summed E-state index contributed by atoms with van der Waals surface area (Å²) < 4.78 is 11.9. The van der Waals surface area contributed by atoms with Gasteiger partial charge in [0.05, 0.1) is 0 Å². The summed E-state index contributed by atoms with van der Waals surface area (Å²) in [5.41, 5.74) is 1.23. The second-order valence-corrected chi connectivity index (χ2v) is 12.5. The van der Waals surface area contributed by atoms with Gasteiger partial charge in [-0.2, -0.15) is 0 Å². The van der Waals surface area contributed by atoms with E-state index in [0.29, 0.717) is 6.10 Å². The van der Waals surface area contributed by atoms with Gasteiger partial charge in [0.1, 0.15) is 0 Å². The van der Waals surface area contributed by atoms with Crippen LogP contribution in [-0.4, -0.2) is 30.1 Å². The van der Waals surface area contributed by atoms with Crippen LogP contribution >= 0.6 is 0 Å². The summed E-state index contributed by atoms with van der Waals surface area (Å²) in [5.74, 6) is 0. The van der Waals surface area contributed by atoms with Crippen LogP contribution in [0.25, 0.3) is 0 Å². The summed E-state index contributed by atoms with van der Waals surface area (Å²) in [6, 6.07) is 0. The van der Waals surface area contributed by atoms with Crippen LogP contribution in [0, 0.1) is 0 Å². The zero-order valence-electron chi connectivity index (χ0n) is 11.3. The van der Waals surface area contributed by atoms with E-state index in [9.17, 15) is 0 Å². The van der Waals surface area contributed by atoms with Gasteiger partial charge in [-0.05, 0) is 45.6 Å². The van der Waals surface area contributed by atoms with Crippen molar-refractivity contribution in [3.05, 3.63) is 0 Å². The third kappa shape index (κ3) is 9.29. The highest BCUT2D eigenvalue weighted by Crippen LogP contribution is 2.15. The fourth-order valence-corrected chi connectivity index (χ4v) is 9.78. The molecule has 0 aliphatic heterocycles. The van der Waals surface area contributed by atoms with Crippen molar-refractivity contribution in [1.82, 2.24) is 0 Å². The molecular formula is C11H28O2Si2. The van der Waals surface area contributed by atoms with Crippen LogP contribution in [0.2, 0.25) is 25.3 Å². The molecule has 0 bridgehead atoms. The summed E-state index contributed by atoms with van der Waals surface area (Å²) >= 11 is 0. The van der Waals surface area contributed by atoms with Gasteiger partial charge in [-0.3, -0.25) is 0 Å². The molecule has 0 aliphatic rings. The van der Waals surface area contributed by atoms with E-state index in [1.165, 1.54) is 18.5 Å². The molecule has 1 atom stereocenters. The quantitative estimate of drug-likeness (QED) is 0.484. The van der Waals surface area contributed by atoms with Crippen molar-refractivity contribution in [2.75, 3.05) is 6.61 Å². The molecule has 0 aliphatic carbocycles. The Hall–Kier alpha value is 0.354. The van der Waals surface area contributed by atoms with E-state index in [-0.39, 0.29) is 0 Å². The largest absolute Gasteiger partial charge is 0.418 e. The number of hydrogen-bond donors (Lipinski definition) is 0. The Labute approximate surface area is 98.2 Å². The van der Waals surface area contributed by atoms with Gasteiger partial charge in [-0.15, -0.1) is 0 Å². The standard InChI is InChI=1S/C11H28O2Si2/c1-7-8-9-12-15(5,6)10-14(4)13-11(2)3/h11,14H,7-10H2,1-6H3. The minimum atomic E-state index is -1.43. The van der Waals surface area contributed by atoms with Crippen molar-refractivity contribution in [3.8, 4) is 0 Å². The summed E-state index contributed by atoms with van der Waals surface area (Å²) in [7, 11) is -2.43. The van der Waals surface area contributed by atoms with Gasteiger partial charge in [-0.25, -0.2) is 0 Å². The van der Waals surface area contributed by atoms with Crippen molar-refractivity contribution in [1.29, 1.82) is 0 Å². The van der Waals surface area contributed by atoms with Crippen LogP contribution in [0.1, 0.15) is 33.6 Å². The van der Waals surface area contributed by atoms with Crippen LogP contribution in [0.3, 0.4) is 0 Å².